The van der Waals surface area contributed by atoms with Gasteiger partial charge in [-0.25, -0.2) is 4.39 Å². The van der Waals surface area contributed by atoms with Gasteiger partial charge in [-0.2, -0.15) is 0 Å². The Bertz CT molecular complexity index is 545. The lowest BCUT2D eigenvalue weighted by molar-refractivity contribution is 0.104. The molecule has 5 heteroatoms. The van der Waals surface area contributed by atoms with Gasteiger partial charge in [-0.3, -0.25) is 0 Å². The fraction of sp³-hybridized carbons (Fsp3) is 0.375. The summed E-state index contributed by atoms with van der Waals surface area (Å²) in [6.07, 6.45) is 2.51. The minimum absolute atomic E-state index is 0.0711. The lowest BCUT2D eigenvalue weighted by Gasteiger charge is -2.14. The van der Waals surface area contributed by atoms with Crippen LogP contribution in [0.1, 0.15) is 30.7 Å². The minimum Gasteiger partial charge on any atom is -0.467 e. The molecule has 2 rings (SSSR count). The summed E-state index contributed by atoms with van der Waals surface area (Å²) in [4.78, 5) is 0. The highest BCUT2D eigenvalue weighted by Crippen LogP contribution is 2.19. The van der Waals surface area contributed by atoms with Gasteiger partial charge in [0.1, 0.15) is 18.2 Å². The molecule has 0 radical (unpaired) electrons. The van der Waals surface area contributed by atoms with Crippen LogP contribution in [0.5, 0.6) is 0 Å². The first-order valence-electron chi connectivity index (χ1n) is 6.95. The zero-order valence-electron chi connectivity index (χ0n) is 11.9. The lowest BCUT2D eigenvalue weighted by atomic mass is 10.1. The van der Waals surface area contributed by atoms with Crippen LogP contribution >= 0.6 is 11.6 Å². The molecular formula is C16H19ClFNO2. The molecule has 1 heterocycles. The van der Waals surface area contributed by atoms with Crippen LogP contribution in [-0.2, 0) is 11.3 Å². The average molecular weight is 312 g/mol. The maximum absolute atomic E-state index is 13.4. The molecule has 2 aromatic rings. The van der Waals surface area contributed by atoms with Gasteiger partial charge in [0.15, 0.2) is 0 Å². The maximum atomic E-state index is 13.4. The van der Waals surface area contributed by atoms with Crippen molar-refractivity contribution in [2.45, 2.75) is 26.0 Å². The van der Waals surface area contributed by atoms with Gasteiger partial charge in [0.05, 0.1) is 11.3 Å². The van der Waals surface area contributed by atoms with Crippen LogP contribution < -0.4 is 5.32 Å². The molecule has 1 aromatic carbocycles. The first-order chi connectivity index (χ1) is 10.2. The number of hydrogen-bond acceptors (Lipinski definition) is 3. The molecule has 3 nitrogen and oxygen atoms in total. The Kier molecular flexibility index (Phi) is 6.23. The van der Waals surface area contributed by atoms with Crippen LogP contribution in [0.25, 0.3) is 0 Å². The summed E-state index contributed by atoms with van der Waals surface area (Å²) in [5, 5.41) is 3.48. The van der Waals surface area contributed by atoms with E-state index in [0.29, 0.717) is 13.2 Å². The largest absolute Gasteiger partial charge is 0.467 e. The Labute approximate surface area is 129 Å². The summed E-state index contributed by atoms with van der Waals surface area (Å²) >= 11 is 5.67. The molecule has 0 spiro atoms. The first-order valence-corrected chi connectivity index (χ1v) is 7.33. The van der Waals surface area contributed by atoms with Crippen molar-refractivity contribution in [3.8, 4) is 0 Å². The van der Waals surface area contributed by atoms with Gasteiger partial charge in [0.25, 0.3) is 0 Å². The number of rotatable bonds is 8. The summed E-state index contributed by atoms with van der Waals surface area (Å²) in [7, 11) is 0. The SMILES string of the molecule is CC(NCCCOCc1ccco1)c1ccc(Cl)c(F)c1. The van der Waals surface area contributed by atoms with Crippen LogP contribution in [-0.4, -0.2) is 13.2 Å². The number of hydrogen-bond donors (Lipinski definition) is 1. The summed E-state index contributed by atoms with van der Waals surface area (Å²) < 4.78 is 24.0. The average Bonchev–Trinajstić information content (AvgIpc) is 2.98. The van der Waals surface area contributed by atoms with Gasteiger partial charge in [0, 0.05) is 12.6 Å². The predicted molar refractivity (Wildman–Crippen MR) is 80.8 cm³/mol. The minimum atomic E-state index is -0.385. The molecule has 1 aromatic heterocycles. The Morgan fingerprint density at radius 2 is 2.24 bits per heavy atom. The quantitative estimate of drug-likeness (QED) is 0.737. The van der Waals surface area contributed by atoms with Gasteiger partial charge in [0.2, 0.25) is 0 Å². The molecule has 1 unspecified atom stereocenters. The number of benzene rings is 1. The first kappa shape index (κ1) is 16.0. The number of furan rings is 1. The summed E-state index contributed by atoms with van der Waals surface area (Å²) in [5.74, 6) is 0.442. The fourth-order valence-corrected chi connectivity index (χ4v) is 2.08. The maximum Gasteiger partial charge on any atom is 0.142 e. The third-order valence-corrected chi connectivity index (χ3v) is 3.49. The zero-order valence-corrected chi connectivity index (χ0v) is 12.7. The van der Waals surface area contributed by atoms with E-state index in [1.165, 1.54) is 6.07 Å². The van der Waals surface area contributed by atoms with Gasteiger partial charge >= 0.3 is 0 Å². The molecule has 0 aliphatic rings. The van der Waals surface area contributed by atoms with Crippen LogP contribution in [0.4, 0.5) is 4.39 Å². The Morgan fingerprint density at radius 1 is 1.38 bits per heavy atom. The van der Waals surface area contributed by atoms with Crippen molar-refractivity contribution in [2.24, 2.45) is 0 Å². The van der Waals surface area contributed by atoms with Gasteiger partial charge in [-0.15, -0.1) is 0 Å². The third-order valence-electron chi connectivity index (χ3n) is 3.18. The van der Waals surface area contributed by atoms with E-state index in [9.17, 15) is 4.39 Å². The highest BCUT2D eigenvalue weighted by molar-refractivity contribution is 6.30. The molecule has 1 atom stereocenters. The standard InChI is InChI=1S/C16H19ClFNO2/c1-12(13-5-6-15(17)16(18)10-13)19-7-3-8-20-11-14-4-2-9-21-14/h2,4-6,9-10,12,19H,3,7-8,11H2,1H3. The summed E-state index contributed by atoms with van der Waals surface area (Å²) in [6, 6.07) is 8.67. The molecule has 0 aliphatic heterocycles. The number of nitrogens with one attached hydrogen (secondary N) is 1. The third kappa shape index (κ3) is 5.16. The van der Waals surface area contributed by atoms with E-state index in [-0.39, 0.29) is 16.9 Å². The molecule has 114 valence electrons. The molecule has 0 bridgehead atoms. The molecule has 0 saturated carbocycles. The van der Waals surface area contributed by atoms with Gasteiger partial charge in [-0.1, -0.05) is 17.7 Å². The predicted octanol–water partition coefficient (Wildman–Crippen LogP) is 4.33. The Hall–Kier alpha value is -1.36. The highest BCUT2D eigenvalue weighted by atomic mass is 35.5. The van der Waals surface area contributed by atoms with Crippen LogP contribution in [0.3, 0.4) is 0 Å². The lowest BCUT2D eigenvalue weighted by Crippen LogP contribution is -2.21. The second-order valence-corrected chi connectivity index (χ2v) is 5.24. The monoisotopic (exact) mass is 311 g/mol. The van der Waals surface area contributed by atoms with E-state index >= 15 is 0 Å². The van der Waals surface area contributed by atoms with E-state index in [2.05, 4.69) is 5.32 Å². The number of ether oxygens (including phenoxy) is 1. The molecule has 0 fully saturated rings. The zero-order chi connectivity index (χ0) is 15.1. The van der Waals surface area contributed by atoms with Crippen LogP contribution in [0, 0.1) is 5.82 Å². The van der Waals surface area contributed by atoms with E-state index < -0.39 is 0 Å². The molecule has 0 saturated heterocycles. The summed E-state index contributed by atoms with van der Waals surface area (Å²) in [5.41, 5.74) is 0.883. The Morgan fingerprint density at radius 3 is 2.95 bits per heavy atom. The van der Waals surface area contributed by atoms with Crippen molar-refractivity contribution in [1.82, 2.24) is 5.32 Å². The van der Waals surface area contributed by atoms with Crippen molar-refractivity contribution in [2.75, 3.05) is 13.2 Å². The molecule has 0 amide bonds. The van der Waals surface area contributed by atoms with E-state index in [1.807, 2.05) is 25.1 Å². The van der Waals surface area contributed by atoms with Crippen molar-refractivity contribution >= 4 is 11.6 Å². The molecular weight excluding hydrogens is 293 g/mol. The van der Waals surface area contributed by atoms with Crippen molar-refractivity contribution < 1.29 is 13.5 Å². The normalized spacial score (nSPS) is 12.5. The number of halogens is 2. The Balaban J connectivity index is 1.62. The van der Waals surface area contributed by atoms with Gasteiger partial charge < -0.3 is 14.5 Å². The van der Waals surface area contributed by atoms with Crippen molar-refractivity contribution in [1.29, 1.82) is 0 Å². The van der Waals surface area contributed by atoms with E-state index in [1.54, 1.807) is 12.3 Å². The molecule has 21 heavy (non-hydrogen) atoms. The van der Waals surface area contributed by atoms with Crippen LogP contribution in [0.2, 0.25) is 5.02 Å². The second kappa shape index (κ2) is 8.17. The van der Waals surface area contributed by atoms with Gasteiger partial charge in [-0.05, 0) is 49.7 Å². The summed E-state index contributed by atoms with van der Waals surface area (Å²) in [6.45, 7) is 3.93. The molecule has 1 N–H and O–H groups in total. The highest BCUT2D eigenvalue weighted by Gasteiger charge is 2.07. The fourth-order valence-electron chi connectivity index (χ4n) is 1.96. The second-order valence-electron chi connectivity index (χ2n) is 4.83. The van der Waals surface area contributed by atoms with Crippen LogP contribution in [0.15, 0.2) is 41.0 Å². The van der Waals surface area contributed by atoms with E-state index in [4.69, 9.17) is 20.8 Å². The van der Waals surface area contributed by atoms with Crippen molar-refractivity contribution in [3.05, 3.63) is 58.8 Å². The smallest absolute Gasteiger partial charge is 0.142 e. The topological polar surface area (TPSA) is 34.4 Å². The molecule has 0 aliphatic carbocycles. The van der Waals surface area contributed by atoms with Crippen molar-refractivity contribution in [3.63, 3.8) is 0 Å². The van der Waals surface area contributed by atoms with E-state index in [0.717, 1.165) is 24.3 Å².